The van der Waals surface area contributed by atoms with Crippen LogP contribution in [0.25, 0.3) is 0 Å². The maximum absolute atomic E-state index is 11.6. The van der Waals surface area contributed by atoms with Crippen molar-refractivity contribution in [1.29, 1.82) is 0 Å². The van der Waals surface area contributed by atoms with Crippen molar-refractivity contribution in [3.8, 4) is 0 Å². The van der Waals surface area contributed by atoms with Gasteiger partial charge in [0.2, 0.25) is 8.00 Å². The van der Waals surface area contributed by atoms with Crippen molar-refractivity contribution >= 4 is 24.1 Å². The van der Waals surface area contributed by atoms with Crippen LogP contribution in [-0.2, 0) is 18.8 Å². The van der Waals surface area contributed by atoms with Gasteiger partial charge in [0.05, 0.1) is 11.5 Å². The lowest BCUT2D eigenvalue weighted by molar-refractivity contribution is -0.172. The third-order valence-corrected chi connectivity index (χ3v) is 3.95. The van der Waals surface area contributed by atoms with Gasteiger partial charge in [-0.15, -0.1) is 0 Å². The van der Waals surface area contributed by atoms with Gasteiger partial charge in [0, 0.05) is 0 Å². The molecule has 0 aliphatic rings. The molecular formula is C10H13O5PS. The van der Waals surface area contributed by atoms with Crippen LogP contribution in [-0.4, -0.2) is 21.0 Å². The SMILES string of the molecule is CCO/[P+]([O-])=C/OS(=O)(=O)c1ccc(C)cc1. The van der Waals surface area contributed by atoms with Crippen LogP contribution in [0.3, 0.4) is 0 Å². The van der Waals surface area contributed by atoms with Gasteiger partial charge in [-0.1, -0.05) is 17.7 Å². The Kier molecular flexibility index (Phi) is 5.24. The molecule has 5 nitrogen and oxygen atoms in total. The fourth-order valence-corrected chi connectivity index (χ4v) is 2.64. The summed E-state index contributed by atoms with van der Waals surface area (Å²) in [6.45, 7) is 3.71. The number of hydrogen-bond donors (Lipinski definition) is 0. The molecule has 0 amide bonds. The number of hydrogen-bond acceptors (Lipinski definition) is 5. The minimum absolute atomic E-state index is 0.0132. The monoisotopic (exact) mass is 276 g/mol. The van der Waals surface area contributed by atoms with E-state index in [-0.39, 0.29) is 11.5 Å². The summed E-state index contributed by atoms with van der Waals surface area (Å²) in [5.41, 5.74) is 0.938. The van der Waals surface area contributed by atoms with Gasteiger partial charge in [-0.25, -0.2) is 0 Å². The lowest BCUT2D eigenvalue weighted by atomic mass is 10.2. The first-order valence-electron chi connectivity index (χ1n) is 4.88. The van der Waals surface area contributed by atoms with Crippen LogP contribution >= 0.6 is 8.00 Å². The van der Waals surface area contributed by atoms with Crippen LogP contribution in [0.5, 0.6) is 0 Å². The zero-order valence-electron chi connectivity index (χ0n) is 9.49. The van der Waals surface area contributed by atoms with E-state index in [0.29, 0.717) is 5.98 Å². The van der Waals surface area contributed by atoms with E-state index in [1.807, 2.05) is 6.92 Å². The average molecular weight is 276 g/mol. The maximum Gasteiger partial charge on any atom is 0.304 e. The second kappa shape index (κ2) is 6.23. The quantitative estimate of drug-likeness (QED) is 0.596. The Morgan fingerprint density at radius 2 is 1.94 bits per heavy atom. The van der Waals surface area contributed by atoms with Crippen molar-refractivity contribution in [1.82, 2.24) is 0 Å². The van der Waals surface area contributed by atoms with E-state index >= 15 is 0 Å². The molecule has 0 aliphatic heterocycles. The van der Waals surface area contributed by atoms with Crippen LogP contribution in [0.2, 0.25) is 0 Å². The normalized spacial score (nSPS) is 12.8. The van der Waals surface area contributed by atoms with Gasteiger partial charge in [0.25, 0.3) is 5.98 Å². The van der Waals surface area contributed by atoms with E-state index < -0.39 is 18.1 Å². The Labute approximate surface area is 102 Å². The largest absolute Gasteiger partial charge is 0.601 e. The second-order valence-corrected chi connectivity index (χ2v) is 5.78. The smallest absolute Gasteiger partial charge is 0.304 e. The van der Waals surface area contributed by atoms with Crippen molar-refractivity contribution in [2.45, 2.75) is 18.7 Å². The van der Waals surface area contributed by atoms with Crippen molar-refractivity contribution in [3.05, 3.63) is 29.8 Å². The molecule has 0 N–H and O–H groups in total. The minimum Gasteiger partial charge on any atom is -0.601 e. The Hall–Kier alpha value is -0.780. The third kappa shape index (κ3) is 4.53. The van der Waals surface area contributed by atoms with Gasteiger partial charge in [-0.3, -0.25) is 0 Å². The fraction of sp³-hybridized carbons (Fsp3) is 0.300. The van der Waals surface area contributed by atoms with Gasteiger partial charge in [-0.05, 0) is 26.0 Å². The predicted molar refractivity (Wildman–Crippen MR) is 64.1 cm³/mol. The highest BCUT2D eigenvalue weighted by atomic mass is 32.2. The highest BCUT2D eigenvalue weighted by Crippen LogP contribution is 2.16. The summed E-state index contributed by atoms with van der Waals surface area (Å²) in [5.74, 6) is 0.689. The van der Waals surface area contributed by atoms with Gasteiger partial charge in [-0.2, -0.15) is 17.1 Å². The maximum atomic E-state index is 11.6. The zero-order chi connectivity index (χ0) is 12.9. The van der Waals surface area contributed by atoms with Crippen LogP contribution in [0.15, 0.2) is 29.2 Å². The summed E-state index contributed by atoms with van der Waals surface area (Å²) < 4.78 is 32.4. The molecule has 0 spiro atoms. The summed E-state index contributed by atoms with van der Waals surface area (Å²) in [6.07, 6.45) is 0. The first kappa shape index (κ1) is 14.3. The molecule has 94 valence electrons. The van der Waals surface area contributed by atoms with E-state index in [0.717, 1.165) is 5.56 Å². The number of rotatable bonds is 5. The lowest BCUT2D eigenvalue weighted by Gasteiger charge is -2.01. The third-order valence-electron chi connectivity index (χ3n) is 1.82. The molecule has 0 bridgehead atoms. The summed E-state index contributed by atoms with van der Waals surface area (Å²) >= 11 is 0. The zero-order valence-corrected chi connectivity index (χ0v) is 11.2. The van der Waals surface area contributed by atoms with E-state index in [2.05, 4.69) is 8.71 Å². The fourth-order valence-electron chi connectivity index (χ4n) is 1.01. The second-order valence-electron chi connectivity index (χ2n) is 3.17. The summed E-state index contributed by atoms with van der Waals surface area (Å²) in [7, 11) is -6.13. The van der Waals surface area contributed by atoms with Crippen molar-refractivity contribution in [2.75, 3.05) is 6.61 Å². The molecule has 0 fully saturated rings. The first-order chi connectivity index (χ1) is 7.95. The molecular weight excluding hydrogens is 263 g/mol. The van der Waals surface area contributed by atoms with Crippen LogP contribution in [0.1, 0.15) is 12.5 Å². The Balaban J connectivity index is 2.82. The highest BCUT2D eigenvalue weighted by molar-refractivity contribution is 7.87. The average Bonchev–Trinajstić information content (AvgIpc) is 2.28. The molecule has 7 heteroatoms. The molecule has 0 saturated carbocycles. The summed E-state index contributed by atoms with van der Waals surface area (Å²) in [4.78, 5) is 11.1. The van der Waals surface area contributed by atoms with E-state index in [9.17, 15) is 13.3 Å². The van der Waals surface area contributed by atoms with Gasteiger partial charge < -0.3 is 4.89 Å². The topological polar surface area (TPSA) is 75.7 Å². The van der Waals surface area contributed by atoms with E-state index in [1.54, 1.807) is 19.1 Å². The number of aryl methyl sites for hydroxylation is 1. The molecule has 0 aliphatic carbocycles. The van der Waals surface area contributed by atoms with Crippen LogP contribution in [0, 0.1) is 6.92 Å². The molecule has 0 aromatic heterocycles. The Morgan fingerprint density at radius 3 is 2.47 bits per heavy atom. The van der Waals surface area contributed by atoms with Crippen molar-refractivity contribution < 1.29 is 22.0 Å². The molecule has 0 radical (unpaired) electrons. The molecule has 1 unspecified atom stereocenters. The van der Waals surface area contributed by atoms with Crippen LogP contribution in [0.4, 0.5) is 0 Å². The predicted octanol–water partition coefficient (Wildman–Crippen LogP) is 1.17. The summed E-state index contributed by atoms with van der Waals surface area (Å²) in [5, 5.41) is 0. The van der Waals surface area contributed by atoms with Crippen molar-refractivity contribution in [2.24, 2.45) is 0 Å². The number of benzene rings is 1. The molecule has 17 heavy (non-hydrogen) atoms. The van der Waals surface area contributed by atoms with E-state index in [1.165, 1.54) is 12.1 Å². The standard InChI is InChI=1S/C10H13O5PS/c1-3-14-16(11)8-15-17(12,13)10-6-4-9(2)5-7-10/h4-8H,3H2,1-2H3. The van der Waals surface area contributed by atoms with Gasteiger partial charge >= 0.3 is 10.1 Å². The van der Waals surface area contributed by atoms with Crippen LogP contribution < -0.4 is 4.89 Å². The lowest BCUT2D eigenvalue weighted by Crippen LogP contribution is -2.06. The molecule has 0 heterocycles. The molecule has 0 saturated heterocycles. The van der Waals surface area contributed by atoms with Gasteiger partial charge in [0.15, 0.2) is 0 Å². The summed E-state index contributed by atoms with van der Waals surface area (Å²) in [6, 6.07) is 6.15. The Morgan fingerprint density at radius 1 is 1.35 bits per heavy atom. The highest BCUT2D eigenvalue weighted by Gasteiger charge is 2.15. The molecule has 1 atom stereocenters. The molecule has 1 aromatic carbocycles. The Bertz CT molecular complexity index is 492. The minimum atomic E-state index is -3.91. The molecule has 1 rings (SSSR count). The first-order valence-corrected chi connectivity index (χ1v) is 7.54. The van der Waals surface area contributed by atoms with E-state index in [4.69, 9.17) is 0 Å². The van der Waals surface area contributed by atoms with Gasteiger partial charge in [0.1, 0.15) is 0 Å². The molecule has 1 aromatic rings. The van der Waals surface area contributed by atoms with Crippen molar-refractivity contribution in [3.63, 3.8) is 0 Å².